The van der Waals surface area contributed by atoms with Crippen molar-refractivity contribution in [3.05, 3.63) is 77.4 Å². The molecule has 0 radical (unpaired) electrons. The van der Waals surface area contributed by atoms with Crippen molar-refractivity contribution < 1.29 is 0 Å². The van der Waals surface area contributed by atoms with E-state index in [-0.39, 0.29) is 0 Å². The molecular formula is C23H18S. The Morgan fingerprint density at radius 3 is 2.62 bits per heavy atom. The fraction of sp³-hybridized carbons (Fsp3) is 0.130. The number of thiophene rings is 1. The summed E-state index contributed by atoms with van der Waals surface area (Å²) >= 11 is 1.92. The van der Waals surface area contributed by atoms with Crippen LogP contribution in [0.1, 0.15) is 23.1 Å². The van der Waals surface area contributed by atoms with Crippen LogP contribution in [-0.2, 0) is 6.42 Å². The van der Waals surface area contributed by atoms with Gasteiger partial charge in [-0.15, -0.1) is 11.3 Å². The molecule has 116 valence electrons. The zero-order chi connectivity index (χ0) is 16.1. The standard InChI is InChI=1S/C23H18S/c1-15-5-4-8-16(11-15)19-9-10-22-20(13-19)21-12-17-6-2-3-7-18(17)14-23(21)24-22/h2,4-6,8-14H,3,7H2,1H3. The van der Waals surface area contributed by atoms with E-state index >= 15 is 0 Å². The first-order valence-corrected chi connectivity index (χ1v) is 9.32. The van der Waals surface area contributed by atoms with Crippen LogP contribution in [0.2, 0.25) is 0 Å². The number of allylic oxidation sites excluding steroid dienone is 1. The Labute approximate surface area is 146 Å². The Bertz CT molecular complexity index is 1110. The molecule has 0 saturated heterocycles. The summed E-state index contributed by atoms with van der Waals surface area (Å²) in [6.07, 6.45) is 6.92. The number of aryl methyl sites for hydroxylation is 2. The molecule has 24 heavy (non-hydrogen) atoms. The van der Waals surface area contributed by atoms with Gasteiger partial charge in [0.15, 0.2) is 0 Å². The summed E-state index contributed by atoms with van der Waals surface area (Å²) in [4.78, 5) is 0. The van der Waals surface area contributed by atoms with Gasteiger partial charge < -0.3 is 0 Å². The van der Waals surface area contributed by atoms with Crippen molar-refractivity contribution in [2.24, 2.45) is 0 Å². The highest BCUT2D eigenvalue weighted by Gasteiger charge is 2.11. The molecule has 4 aromatic rings. The smallest absolute Gasteiger partial charge is 0.0358 e. The number of hydrogen-bond donors (Lipinski definition) is 0. The van der Waals surface area contributed by atoms with Gasteiger partial charge in [-0.05, 0) is 66.3 Å². The van der Waals surface area contributed by atoms with Gasteiger partial charge in [0.25, 0.3) is 0 Å². The number of rotatable bonds is 1. The second kappa shape index (κ2) is 5.32. The second-order valence-electron chi connectivity index (χ2n) is 6.67. The molecule has 0 aliphatic heterocycles. The zero-order valence-corrected chi connectivity index (χ0v) is 14.5. The van der Waals surface area contributed by atoms with Crippen LogP contribution in [0.3, 0.4) is 0 Å². The van der Waals surface area contributed by atoms with Crippen LogP contribution in [-0.4, -0.2) is 0 Å². The Kier molecular flexibility index (Phi) is 3.11. The maximum absolute atomic E-state index is 2.41. The van der Waals surface area contributed by atoms with E-state index < -0.39 is 0 Å². The molecule has 1 aromatic heterocycles. The second-order valence-corrected chi connectivity index (χ2v) is 7.75. The highest BCUT2D eigenvalue weighted by Crippen LogP contribution is 2.39. The molecule has 1 heterocycles. The van der Waals surface area contributed by atoms with Crippen LogP contribution in [0.4, 0.5) is 0 Å². The molecule has 0 N–H and O–H groups in total. The van der Waals surface area contributed by atoms with Crippen LogP contribution < -0.4 is 0 Å². The molecule has 0 amide bonds. The number of fused-ring (bicyclic) bond motifs is 4. The van der Waals surface area contributed by atoms with E-state index in [4.69, 9.17) is 0 Å². The summed E-state index contributed by atoms with van der Waals surface area (Å²) < 4.78 is 2.80. The zero-order valence-electron chi connectivity index (χ0n) is 13.7. The van der Waals surface area contributed by atoms with Gasteiger partial charge in [-0.1, -0.05) is 48.0 Å². The van der Waals surface area contributed by atoms with Crippen molar-refractivity contribution in [2.45, 2.75) is 19.8 Å². The first kappa shape index (κ1) is 14.0. The van der Waals surface area contributed by atoms with Gasteiger partial charge in [0.1, 0.15) is 0 Å². The Hall–Kier alpha value is -2.38. The van der Waals surface area contributed by atoms with Crippen LogP contribution in [0.15, 0.2) is 60.7 Å². The van der Waals surface area contributed by atoms with Gasteiger partial charge in [-0.3, -0.25) is 0 Å². The van der Waals surface area contributed by atoms with Gasteiger partial charge >= 0.3 is 0 Å². The van der Waals surface area contributed by atoms with E-state index in [9.17, 15) is 0 Å². The Balaban J connectivity index is 1.76. The average Bonchev–Trinajstić information content (AvgIpc) is 2.96. The number of benzene rings is 3. The van der Waals surface area contributed by atoms with Crippen molar-refractivity contribution in [2.75, 3.05) is 0 Å². The largest absolute Gasteiger partial charge is 0.135 e. The first-order valence-electron chi connectivity index (χ1n) is 8.51. The van der Waals surface area contributed by atoms with Crippen LogP contribution in [0.25, 0.3) is 37.4 Å². The molecule has 0 fully saturated rings. The minimum atomic E-state index is 1.17. The highest BCUT2D eigenvalue weighted by molar-refractivity contribution is 7.25. The molecule has 0 spiro atoms. The molecular weight excluding hydrogens is 308 g/mol. The van der Waals surface area contributed by atoms with Crippen molar-refractivity contribution in [1.82, 2.24) is 0 Å². The maximum Gasteiger partial charge on any atom is 0.0358 e. The molecule has 0 bridgehead atoms. The molecule has 1 heteroatoms. The van der Waals surface area contributed by atoms with Crippen molar-refractivity contribution in [3.63, 3.8) is 0 Å². The summed E-state index contributed by atoms with van der Waals surface area (Å²) in [5, 5.41) is 2.78. The van der Waals surface area contributed by atoms with Crippen LogP contribution >= 0.6 is 11.3 Å². The predicted molar refractivity (Wildman–Crippen MR) is 107 cm³/mol. The van der Waals surface area contributed by atoms with Crippen molar-refractivity contribution >= 4 is 37.6 Å². The van der Waals surface area contributed by atoms with Crippen molar-refractivity contribution in [1.29, 1.82) is 0 Å². The molecule has 1 aliphatic carbocycles. The molecule has 0 nitrogen and oxygen atoms in total. The molecule has 0 saturated carbocycles. The van der Waals surface area contributed by atoms with E-state index in [0.717, 1.165) is 0 Å². The lowest BCUT2D eigenvalue weighted by molar-refractivity contribution is 0.989. The van der Waals surface area contributed by atoms with E-state index in [1.165, 1.54) is 60.8 Å². The molecule has 0 unspecified atom stereocenters. The quantitative estimate of drug-likeness (QED) is 0.353. The lowest BCUT2D eigenvalue weighted by atomic mass is 9.95. The summed E-state index contributed by atoms with van der Waals surface area (Å²) in [6.45, 7) is 2.15. The fourth-order valence-electron chi connectivity index (χ4n) is 3.71. The fourth-order valence-corrected chi connectivity index (χ4v) is 4.84. The van der Waals surface area contributed by atoms with Gasteiger partial charge in [-0.25, -0.2) is 0 Å². The monoisotopic (exact) mass is 326 g/mol. The van der Waals surface area contributed by atoms with Gasteiger partial charge in [0, 0.05) is 20.2 Å². The van der Waals surface area contributed by atoms with E-state index in [0.29, 0.717) is 0 Å². The van der Waals surface area contributed by atoms with Crippen molar-refractivity contribution in [3.8, 4) is 11.1 Å². The topological polar surface area (TPSA) is 0 Å². The maximum atomic E-state index is 2.41. The highest BCUT2D eigenvalue weighted by atomic mass is 32.1. The average molecular weight is 326 g/mol. The molecule has 3 aromatic carbocycles. The minimum Gasteiger partial charge on any atom is -0.135 e. The molecule has 1 aliphatic rings. The lowest BCUT2D eigenvalue weighted by Gasteiger charge is -2.10. The van der Waals surface area contributed by atoms with Gasteiger partial charge in [0.2, 0.25) is 0 Å². The summed E-state index contributed by atoms with van der Waals surface area (Å²) in [6, 6.07) is 20.5. The Morgan fingerprint density at radius 2 is 1.71 bits per heavy atom. The third-order valence-electron chi connectivity index (χ3n) is 4.96. The predicted octanol–water partition coefficient (Wildman–Crippen LogP) is 6.99. The first-order chi connectivity index (χ1) is 11.8. The Morgan fingerprint density at radius 1 is 0.833 bits per heavy atom. The molecule has 5 rings (SSSR count). The third-order valence-corrected chi connectivity index (χ3v) is 6.09. The summed E-state index contributed by atoms with van der Waals surface area (Å²) in [5.74, 6) is 0. The van der Waals surface area contributed by atoms with E-state index in [1.54, 1.807) is 0 Å². The SMILES string of the molecule is Cc1cccc(-c2ccc3sc4cc5c(cc4c3c2)C=CCC5)c1. The molecule has 0 atom stereocenters. The number of hydrogen-bond acceptors (Lipinski definition) is 1. The minimum absolute atomic E-state index is 1.17. The summed E-state index contributed by atoms with van der Waals surface area (Å²) in [7, 11) is 0. The van der Waals surface area contributed by atoms with Gasteiger partial charge in [0.05, 0.1) is 0 Å². The summed E-state index contributed by atoms with van der Waals surface area (Å²) in [5.41, 5.74) is 6.81. The van der Waals surface area contributed by atoms with Gasteiger partial charge in [-0.2, -0.15) is 0 Å². The third kappa shape index (κ3) is 2.20. The van der Waals surface area contributed by atoms with Crippen LogP contribution in [0, 0.1) is 6.92 Å². The van der Waals surface area contributed by atoms with E-state index in [1.807, 2.05) is 11.3 Å². The van der Waals surface area contributed by atoms with Crippen LogP contribution in [0.5, 0.6) is 0 Å². The van der Waals surface area contributed by atoms with E-state index in [2.05, 4.69) is 73.7 Å². The normalized spacial score (nSPS) is 13.5. The lowest BCUT2D eigenvalue weighted by Crippen LogP contribution is -1.92.